The van der Waals surface area contributed by atoms with Crippen LogP contribution in [-0.2, 0) is 0 Å². The van der Waals surface area contributed by atoms with Crippen molar-refractivity contribution in [3.8, 4) is 11.5 Å². The topological polar surface area (TPSA) is 61.6 Å². The average Bonchev–Trinajstić information content (AvgIpc) is 2.26. The SMILES string of the molecule is O=[N+]([O-])/C=C/c1cc(Br)c2c(c1)OCCO2. The first-order valence-electron chi connectivity index (χ1n) is 4.57. The number of ether oxygens (including phenoxy) is 2. The molecule has 0 bridgehead atoms. The Bertz CT molecular complexity index is 458. The van der Waals surface area contributed by atoms with Crippen molar-refractivity contribution in [3.05, 3.63) is 38.5 Å². The minimum Gasteiger partial charge on any atom is -0.486 e. The number of halogens is 1. The van der Waals surface area contributed by atoms with Crippen LogP contribution in [0.2, 0.25) is 0 Å². The molecule has 1 aliphatic heterocycles. The Morgan fingerprint density at radius 1 is 1.38 bits per heavy atom. The van der Waals surface area contributed by atoms with E-state index in [-0.39, 0.29) is 0 Å². The Labute approximate surface area is 99.9 Å². The highest BCUT2D eigenvalue weighted by Gasteiger charge is 2.15. The Morgan fingerprint density at radius 2 is 2.12 bits per heavy atom. The first-order chi connectivity index (χ1) is 7.66. The fourth-order valence-corrected chi connectivity index (χ4v) is 1.95. The van der Waals surface area contributed by atoms with Crippen LogP contribution < -0.4 is 9.47 Å². The molecule has 16 heavy (non-hydrogen) atoms. The molecular weight excluding hydrogens is 278 g/mol. The van der Waals surface area contributed by atoms with Crippen LogP contribution in [0, 0.1) is 10.1 Å². The molecule has 0 unspecified atom stereocenters. The molecule has 84 valence electrons. The normalized spacial score (nSPS) is 14.1. The van der Waals surface area contributed by atoms with E-state index >= 15 is 0 Å². The molecule has 1 aromatic carbocycles. The number of benzene rings is 1. The molecule has 0 N–H and O–H groups in total. The quantitative estimate of drug-likeness (QED) is 0.619. The van der Waals surface area contributed by atoms with E-state index < -0.39 is 4.92 Å². The predicted molar refractivity (Wildman–Crippen MR) is 61.2 cm³/mol. The van der Waals surface area contributed by atoms with Crippen molar-refractivity contribution in [1.29, 1.82) is 0 Å². The summed E-state index contributed by atoms with van der Waals surface area (Å²) in [5.74, 6) is 1.24. The number of nitro groups is 1. The lowest BCUT2D eigenvalue weighted by Crippen LogP contribution is -2.15. The van der Waals surface area contributed by atoms with Gasteiger partial charge in [-0.3, -0.25) is 10.1 Å². The Balaban J connectivity index is 2.35. The molecule has 2 rings (SSSR count). The molecule has 0 amide bonds. The van der Waals surface area contributed by atoms with Crippen molar-refractivity contribution in [1.82, 2.24) is 0 Å². The molecule has 0 spiro atoms. The molecule has 1 aliphatic rings. The molecule has 0 saturated heterocycles. The molecule has 1 heterocycles. The van der Waals surface area contributed by atoms with Crippen molar-refractivity contribution in [3.63, 3.8) is 0 Å². The third-order valence-electron chi connectivity index (χ3n) is 2.01. The zero-order chi connectivity index (χ0) is 11.5. The molecule has 0 aliphatic carbocycles. The van der Waals surface area contributed by atoms with Crippen LogP contribution in [-0.4, -0.2) is 18.1 Å². The average molecular weight is 286 g/mol. The van der Waals surface area contributed by atoms with Crippen LogP contribution in [0.1, 0.15) is 5.56 Å². The minimum absolute atomic E-state index is 0.488. The molecule has 0 aromatic heterocycles. The highest BCUT2D eigenvalue weighted by molar-refractivity contribution is 9.10. The van der Waals surface area contributed by atoms with E-state index in [9.17, 15) is 10.1 Å². The fourth-order valence-electron chi connectivity index (χ4n) is 1.37. The maximum atomic E-state index is 10.2. The second-order valence-electron chi connectivity index (χ2n) is 3.13. The molecule has 0 atom stereocenters. The van der Waals surface area contributed by atoms with Gasteiger partial charge in [0.2, 0.25) is 6.20 Å². The number of nitrogens with zero attached hydrogens (tertiary/aromatic N) is 1. The third-order valence-corrected chi connectivity index (χ3v) is 2.60. The van der Waals surface area contributed by atoms with E-state index in [4.69, 9.17) is 9.47 Å². The van der Waals surface area contributed by atoms with E-state index in [2.05, 4.69) is 15.9 Å². The first kappa shape index (κ1) is 10.9. The Kier molecular flexibility index (Phi) is 3.09. The third kappa shape index (κ3) is 2.33. The summed E-state index contributed by atoms with van der Waals surface area (Å²) < 4.78 is 11.5. The van der Waals surface area contributed by atoms with Gasteiger partial charge in [0.1, 0.15) is 13.2 Å². The standard InChI is InChI=1S/C10H8BrNO4/c11-8-5-7(1-2-12(13)14)6-9-10(8)16-4-3-15-9/h1-2,5-6H,3-4H2/b2-1+. The van der Waals surface area contributed by atoms with E-state index in [1.807, 2.05) is 0 Å². The van der Waals surface area contributed by atoms with Gasteiger partial charge < -0.3 is 9.47 Å². The summed E-state index contributed by atoms with van der Waals surface area (Å²) in [6.07, 6.45) is 2.29. The lowest BCUT2D eigenvalue weighted by Gasteiger charge is -2.19. The smallest absolute Gasteiger partial charge is 0.235 e. The van der Waals surface area contributed by atoms with Crippen LogP contribution in [0.5, 0.6) is 11.5 Å². The van der Waals surface area contributed by atoms with Crippen LogP contribution in [0.15, 0.2) is 22.8 Å². The van der Waals surface area contributed by atoms with Gasteiger partial charge in [0, 0.05) is 6.08 Å². The maximum Gasteiger partial charge on any atom is 0.235 e. The van der Waals surface area contributed by atoms with Crippen LogP contribution >= 0.6 is 15.9 Å². The minimum atomic E-state index is -0.509. The zero-order valence-corrected chi connectivity index (χ0v) is 9.77. The van der Waals surface area contributed by atoms with Gasteiger partial charge in [0.15, 0.2) is 11.5 Å². The van der Waals surface area contributed by atoms with Crippen molar-refractivity contribution in [2.45, 2.75) is 0 Å². The largest absolute Gasteiger partial charge is 0.486 e. The molecule has 1 aromatic rings. The van der Waals surface area contributed by atoms with Gasteiger partial charge >= 0.3 is 0 Å². The van der Waals surface area contributed by atoms with Crippen LogP contribution in [0.4, 0.5) is 0 Å². The molecule has 0 saturated carbocycles. The molecule has 0 fully saturated rings. The van der Waals surface area contributed by atoms with Gasteiger partial charge in [-0.15, -0.1) is 0 Å². The van der Waals surface area contributed by atoms with Gasteiger partial charge in [-0.2, -0.15) is 0 Å². The van der Waals surface area contributed by atoms with Crippen molar-refractivity contribution in [2.75, 3.05) is 13.2 Å². The molecule has 0 radical (unpaired) electrons. The zero-order valence-electron chi connectivity index (χ0n) is 8.18. The van der Waals surface area contributed by atoms with Crippen molar-refractivity contribution < 1.29 is 14.4 Å². The summed E-state index contributed by atoms with van der Waals surface area (Å²) in [6, 6.07) is 3.45. The second-order valence-corrected chi connectivity index (χ2v) is 3.98. The van der Waals surface area contributed by atoms with Gasteiger partial charge in [-0.05, 0) is 33.6 Å². The van der Waals surface area contributed by atoms with Crippen LogP contribution in [0.3, 0.4) is 0 Å². The maximum absolute atomic E-state index is 10.2. The monoisotopic (exact) mass is 285 g/mol. The van der Waals surface area contributed by atoms with Crippen molar-refractivity contribution >= 4 is 22.0 Å². The van der Waals surface area contributed by atoms with Gasteiger partial charge in [0.05, 0.1) is 9.40 Å². The number of hydrogen-bond donors (Lipinski definition) is 0. The highest BCUT2D eigenvalue weighted by atomic mass is 79.9. The van der Waals surface area contributed by atoms with Gasteiger partial charge in [-0.25, -0.2) is 0 Å². The van der Waals surface area contributed by atoms with E-state index in [1.165, 1.54) is 6.08 Å². The van der Waals surface area contributed by atoms with Gasteiger partial charge in [-0.1, -0.05) is 0 Å². The van der Waals surface area contributed by atoms with E-state index in [0.717, 1.165) is 10.7 Å². The molecular formula is C10H8BrNO4. The van der Waals surface area contributed by atoms with Crippen LogP contribution in [0.25, 0.3) is 6.08 Å². The lowest BCUT2D eigenvalue weighted by atomic mass is 10.2. The number of rotatable bonds is 2. The summed E-state index contributed by atoms with van der Waals surface area (Å²) in [6.45, 7) is 0.998. The van der Waals surface area contributed by atoms with Gasteiger partial charge in [0.25, 0.3) is 0 Å². The number of fused-ring (bicyclic) bond motifs is 1. The summed E-state index contributed by atoms with van der Waals surface area (Å²) in [7, 11) is 0. The second kappa shape index (κ2) is 4.52. The summed E-state index contributed by atoms with van der Waals surface area (Å²) in [4.78, 5) is 9.69. The van der Waals surface area contributed by atoms with Crippen molar-refractivity contribution in [2.24, 2.45) is 0 Å². The van der Waals surface area contributed by atoms with E-state index in [0.29, 0.717) is 30.3 Å². The Morgan fingerprint density at radius 3 is 2.88 bits per heavy atom. The summed E-state index contributed by atoms with van der Waals surface area (Å²) in [5, 5.41) is 10.2. The lowest BCUT2D eigenvalue weighted by molar-refractivity contribution is -0.400. The fraction of sp³-hybridized carbons (Fsp3) is 0.200. The van der Waals surface area contributed by atoms with E-state index in [1.54, 1.807) is 12.1 Å². The molecule has 5 nitrogen and oxygen atoms in total. The highest BCUT2D eigenvalue weighted by Crippen LogP contribution is 2.38. The molecule has 6 heteroatoms. The summed E-state index contributed by atoms with van der Waals surface area (Å²) in [5.41, 5.74) is 0.688. The summed E-state index contributed by atoms with van der Waals surface area (Å²) >= 11 is 3.33. The first-order valence-corrected chi connectivity index (χ1v) is 5.37. The number of hydrogen-bond acceptors (Lipinski definition) is 4. The Hall–Kier alpha value is -1.56. The predicted octanol–water partition coefficient (Wildman–Crippen LogP) is 2.47.